The highest BCUT2D eigenvalue weighted by atomic mass is 32.1. The molecule has 2 aromatic heterocycles. The maximum atomic E-state index is 4.12. The van der Waals surface area contributed by atoms with Gasteiger partial charge in [0.1, 0.15) is 5.01 Å². The van der Waals surface area contributed by atoms with E-state index in [2.05, 4.69) is 25.8 Å². The van der Waals surface area contributed by atoms with Gasteiger partial charge in [0, 0.05) is 18.6 Å². The molecule has 2 heterocycles. The number of thiazole rings is 1. The molecule has 0 spiro atoms. The van der Waals surface area contributed by atoms with Gasteiger partial charge in [-0.15, -0.1) is 11.3 Å². The van der Waals surface area contributed by atoms with Crippen LogP contribution in [0.3, 0.4) is 0 Å². The summed E-state index contributed by atoms with van der Waals surface area (Å²) in [4.78, 5) is 4.12. The van der Waals surface area contributed by atoms with Crippen molar-refractivity contribution in [3.63, 3.8) is 0 Å². The Morgan fingerprint density at radius 1 is 1.62 bits per heavy atom. The zero-order chi connectivity index (χ0) is 9.10. The van der Waals surface area contributed by atoms with Gasteiger partial charge in [-0.1, -0.05) is 5.10 Å². The topological polar surface area (TPSA) is 68.5 Å². The predicted molar refractivity (Wildman–Crippen MR) is 48.2 cm³/mol. The summed E-state index contributed by atoms with van der Waals surface area (Å²) in [6.45, 7) is 0.659. The van der Waals surface area contributed by atoms with Crippen LogP contribution in [0.25, 0.3) is 0 Å². The Hall–Kier alpha value is -1.50. The van der Waals surface area contributed by atoms with E-state index < -0.39 is 0 Å². The number of aromatic nitrogens is 5. The van der Waals surface area contributed by atoms with Crippen LogP contribution in [0.1, 0.15) is 5.01 Å². The first-order chi connectivity index (χ1) is 6.36. The van der Waals surface area contributed by atoms with E-state index in [0.29, 0.717) is 12.5 Å². The Labute approximate surface area is 78.6 Å². The third-order valence-corrected chi connectivity index (χ3v) is 2.28. The van der Waals surface area contributed by atoms with Crippen LogP contribution < -0.4 is 5.32 Å². The molecule has 0 aliphatic carbocycles. The zero-order valence-electron chi connectivity index (χ0n) is 7.01. The Balaban J connectivity index is 1.97. The standard InChI is InChI=1S/C6H8N6S/c1-12-6(9-10-11-12)8-4-5-7-2-3-13-5/h2-3H,4H2,1H3,(H,8,9,11). The van der Waals surface area contributed by atoms with Gasteiger partial charge in [0.15, 0.2) is 0 Å². The molecule has 0 radical (unpaired) electrons. The molecule has 0 amide bonds. The molecule has 13 heavy (non-hydrogen) atoms. The number of hydrogen-bond donors (Lipinski definition) is 1. The van der Waals surface area contributed by atoms with Crippen molar-refractivity contribution in [2.75, 3.05) is 5.32 Å². The molecule has 0 saturated heterocycles. The number of anilines is 1. The highest BCUT2D eigenvalue weighted by molar-refractivity contribution is 7.09. The first-order valence-corrected chi connectivity index (χ1v) is 4.59. The van der Waals surface area contributed by atoms with Crippen LogP contribution in [-0.4, -0.2) is 25.2 Å². The van der Waals surface area contributed by atoms with E-state index in [-0.39, 0.29) is 0 Å². The van der Waals surface area contributed by atoms with Crippen LogP contribution in [-0.2, 0) is 13.6 Å². The zero-order valence-corrected chi connectivity index (χ0v) is 7.82. The number of rotatable bonds is 3. The third kappa shape index (κ3) is 1.81. The minimum Gasteiger partial charge on any atom is -0.347 e. The largest absolute Gasteiger partial charge is 0.347 e. The minimum atomic E-state index is 0.648. The fourth-order valence-electron chi connectivity index (χ4n) is 0.874. The van der Waals surface area contributed by atoms with Gasteiger partial charge in [0.2, 0.25) is 5.95 Å². The summed E-state index contributed by atoms with van der Waals surface area (Å²) in [6.07, 6.45) is 1.77. The van der Waals surface area contributed by atoms with Crippen molar-refractivity contribution in [1.82, 2.24) is 25.2 Å². The summed E-state index contributed by atoms with van der Waals surface area (Å²) in [5, 5.41) is 17.0. The van der Waals surface area contributed by atoms with Gasteiger partial charge >= 0.3 is 0 Å². The lowest BCUT2D eigenvalue weighted by molar-refractivity contribution is 0.712. The first-order valence-electron chi connectivity index (χ1n) is 3.71. The maximum Gasteiger partial charge on any atom is 0.242 e. The fraction of sp³-hybridized carbons (Fsp3) is 0.333. The molecule has 7 heteroatoms. The average molecular weight is 196 g/mol. The van der Waals surface area contributed by atoms with Crippen molar-refractivity contribution in [1.29, 1.82) is 0 Å². The van der Waals surface area contributed by atoms with Gasteiger partial charge in [0.05, 0.1) is 6.54 Å². The number of nitrogens with one attached hydrogen (secondary N) is 1. The van der Waals surface area contributed by atoms with Gasteiger partial charge in [-0.2, -0.15) is 0 Å². The van der Waals surface area contributed by atoms with Crippen LogP contribution >= 0.6 is 11.3 Å². The summed E-state index contributed by atoms with van der Waals surface area (Å²) >= 11 is 1.60. The molecule has 0 saturated carbocycles. The normalized spacial score (nSPS) is 10.2. The monoisotopic (exact) mass is 196 g/mol. The Bertz CT molecular complexity index is 366. The second-order valence-electron chi connectivity index (χ2n) is 2.41. The maximum absolute atomic E-state index is 4.12. The Morgan fingerprint density at radius 3 is 3.15 bits per heavy atom. The summed E-state index contributed by atoms with van der Waals surface area (Å²) in [5.74, 6) is 0.648. The lowest BCUT2D eigenvalue weighted by atomic mass is 10.6. The van der Waals surface area contributed by atoms with Crippen LogP contribution in [0.5, 0.6) is 0 Å². The molecule has 0 bridgehead atoms. The van der Waals surface area contributed by atoms with Gasteiger partial charge < -0.3 is 5.32 Å². The minimum absolute atomic E-state index is 0.648. The van der Waals surface area contributed by atoms with Crippen molar-refractivity contribution in [3.8, 4) is 0 Å². The van der Waals surface area contributed by atoms with Crippen molar-refractivity contribution in [2.24, 2.45) is 7.05 Å². The van der Waals surface area contributed by atoms with Gasteiger partial charge in [-0.25, -0.2) is 9.67 Å². The van der Waals surface area contributed by atoms with Crippen LogP contribution in [0, 0.1) is 0 Å². The van der Waals surface area contributed by atoms with E-state index in [1.807, 2.05) is 5.38 Å². The molecule has 2 rings (SSSR count). The highest BCUT2D eigenvalue weighted by Crippen LogP contribution is 2.06. The molecule has 0 aliphatic heterocycles. The number of aryl methyl sites for hydroxylation is 1. The SMILES string of the molecule is Cn1nnnc1NCc1nccs1. The van der Waals surface area contributed by atoms with Crippen molar-refractivity contribution in [3.05, 3.63) is 16.6 Å². The van der Waals surface area contributed by atoms with Gasteiger partial charge in [-0.05, 0) is 10.4 Å². The number of nitrogens with zero attached hydrogens (tertiary/aromatic N) is 5. The third-order valence-electron chi connectivity index (χ3n) is 1.50. The smallest absolute Gasteiger partial charge is 0.242 e. The second kappa shape index (κ2) is 3.48. The molecule has 6 nitrogen and oxygen atoms in total. The summed E-state index contributed by atoms with van der Waals surface area (Å²) in [7, 11) is 1.78. The molecular weight excluding hydrogens is 188 g/mol. The second-order valence-corrected chi connectivity index (χ2v) is 3.38. The lowest BCUT2D eigenvalue weighted by Gasteiger charge is -1.99. The van der Waals surface area contributed by atoms with Gasteiger partial charge in [-0.3, -0.25) is 0 Å². The van der Waals surface area contributed by atoms with E-state index in [9.17, 15) is 0 Å². The highest BCUT2D eigenvalue weighted by Gasteiger charge is 2.01. The fourth-order valence-corrected chi connectivity index (χ4v) is 1.43. The van der Waals surface area contributed by atoms with E-state index in [1.165, 1.54) is 0 Å². The Morgan fingerprint density at radius 2 is 2.54 bits per heavy atom. The van der Waals surface area contributed by atoms with E-state index >= 15 is 0 Å². The summed E-state index contributed by atoms with van der Waals surface area (Å²) < 4.78 is 1.58. The molecule has 0 fully saturated rings. The molecule has 1 N–H and O–H groups in total. The van der Waals surface area contributed by atoms with E-state index in [4.69, 9.17) is 0 Å². The van der Waals surface area contributed by atoms with Crippen LogP contribution in [0.15, 0.2) is 11.6 Å². The Kier molecular flexibility index (Phi) is 2.17. The van der Waals surface area contributed by atoms with Gasteiger partial charge in [0.25, 0.3) is 0 Å². The average Bonchev–Trinajstić information content (AvgIpc) is 2.72. The number of hydrogen-bond acceptors (Lipinski definition) is 6. The van der Waals surface area contributed by atoms with E-state index in [0.717, 1.165) is 5.01 Å². The molecule has 68 valence electrons. The van der Waals surface area contributed by atoms with Crippen LogP contribution in [0.4, 0.5) is 5.95 Å². The lowest BCUT2D eigenvalue weighted by Crippen LogP contribution is -2.05. The van der Waals surface area contributed by atoms with E-state index in [1.54, 1.807) is 29.3 Å². The summed E-state index contributed by atoms with van der Waals surface area (Å²) in [6, 6.07) is 0. The first kappa shape index (κ1) is 8.11. The van der Waals surface area contributed by atoms with Crippen molar-refractivity contribution >= 4 is 17.3 Å². The number of tetrazole rings is 1. The van der Waals surface area contributed by atoms with Crippen LogP contribution in [0.2, 0.25) is 0 Å². The quantitative estimate of drug-likeness (QED) is 0.763. The molecule has 0 aromatic carbocycles. The predicted octanol–water partition coefficient (Wildman–Crippen LogP) is 0.279. The summed E-state index contributed by atoms with van der Waals surface area (Å²) in [5.41, 5.74) is 0. The van der Waals surface area contributed by atoms with Crippen molar-refractivity contribution < 1.29 is 0 Å². The molecule has 0 unspecified atom stereocenters. The molecule has 0 aliphatic rings. The molecule has 2 aromatic rings. The molecular formula is C6H8N6S. The van der Waals surface area contributed by atoms with Crippen molar-refractivity contribution in [2.45, 2.75) is 6.54 Å². The molecule has 0 atom stereocenters.